The molecule has 0 aliphatic carbocycles. The lowest BCUT2D eigenvalue weighted by Crippen LogP contribution is -2.13. The maximum absolute atomic E-state index is 12.0. The van der Waals surface area contributed by atoms with E-state index in [0.29, 0.717) is 10.6 Å². The smallest absolute Gasteiger partial charge is 0.292 e. The second kappa shape index (κ2) is 5.71. The lowest BCUT2D eigenvalue weighted by molar-refractivity contribution is -0.383. The summed E-state index contributed by atoms with van der Waals surface area (Å²) in [6, 6.07) is 10.9. The van der Waals surface area contributed by atoms with Crippen LogP contribution in [0.25, 0.3) is 0 Å². The summed E-state index contributed by atoms with van der Waals surface area (Å²) in [5.41, 5.74) is 1.32. The SMILES string of the molecule is Cc1ccc(C(=O)Nc2cc(Cl)ccc2[N+](=O)[O-])cc1. The first kappa shape index (κ1) is 14.0. The van der Waals surface area contributed by atoms with Gasteiger partial charge < -0.3 is 5.32 Å². The van der Waals surface area contributed by atoms with Crippen LogP contribution in [-0.2, 0) is 0 Å². The summed E-state index contributed by atoms with van der Waals surface area (Å²) in [6.07, 6.45) is 0. The van der Waals surface area contributed by atoms with Gasteiger partial charge in [0.1, 0.15) is 5.69 Å². The number of hydrogen-bond donors (Lipinski definition) is 1. The number of rotatable bonds is 3. The molecule has 0 atom stereocenters. The van der Waals surface area contributed by atoms with Crippen LogP contribution in [0, 0.1) is 17.0 Å². The number of anilines is 1. The van der Waals surface area contributed by atoms with Crippen molar-refractivity contribution in [1.82, 2.24) is 0 Å². The Bertz CT molecular complexity index is 669. The number of nitrogens with zero attached hydrogens (tertiary/aromatic N) is 1. The lowest BCUT2D eigenvalue weighted by atomic mass is 10.1. The van der Waals surface area contributed by atoms with Crippen molar-refractivity contribution in [2.24, 2.45) is 0 Å². The predicted molar refractivity (Wildman–Crippen MR) is 77.2 cm³/mol. The molecule has 1 amide bonds. The fourth-order valence-corrected chi connectivity index (χ4v) is 1.84. The van der Waals surface area contributed by atoms with Crippen LogP contribution in [0.2, 0.25) is 5.02 Å². The Balaban J connectivity index is 2.29. The zero-order valence-electron chi connectivity index (χ0n) is 10.6. The van der Waals surface area contributed by atoms with Crippen molar-refractivity contribution >= 4 is 28.9 Å². The molecule has 0 spiro atoms. The predicted octanol–water partition coefficient (Wildman–Crippen LogP) is 3.81. The molecule has 2 aromatic carbocycles. The number of hydrogen-bond acceptors (Lipinski definition) is 3. The van der Waals surface area contributed by atoms with E-state index in [1.165, 1.54) is 18.2 Å². The van der Waals surface area contributed by atoms with E-state index in [1.807, 2.05) is 6.92 Å². The number of carbonyl (C=O) groups is 1. The van der Waals surface area contributed by atoms with Crippen LogP contribution >= 0.6 is 11.6 Å². The van der Waals surface area contributed by atoms with E-state index >= 15 is 0 Å². The number of carbonyl (C=O) groups excluding carboxylic acids is 1. The maximum Gasteiger partial charge on any atom is 0.292 e. The molecule has 1 N–H and O–H groups in total. The summed E-state index contributed by atoms with van der Waals surface area (Å²) < 4.78 is 0. The molecule has 0 bridgehead atoms. The van der Waals surface area contributed by atoms with E-state index in [0.717, 1.165) is 5.56 Å². The highest BCUT2D eigenvalue weighted by Crippen LogP contribution is 2.28. The molecule has 0 unspecified atom stereocenters. The van der Waals surface area contributed by atoms with Crippen molar-refractivity contribution in [3.8, 4) is 0 Å². The van der Waals surface area contributed by atoms with E-state index in [2.05, 4.69) is 5.32 Å². The van der Waals surface area contributed by atoms with Crippen LogP contribution in [0.15, 0.2) is 42.5 Å². The Labute approximate surface area is 120 Å². The van der Waals surface area contributed by atoms with E-state index in [-0.39, 0.29) is 11.4 Å². The summed E-state index contributed by atoms with van der Waals surface area (Å²) in [7, 11) is 0. The molecule has 0 heterocycles. The highest BCUT2D eigenvalue weighted by Gasteiger charge is 2.16. The first-order valence-corrected chi connectivity index (χ1v) is 6.17. The van der Waals surface area contributed by atoms with Gasteiger partial charge in [0, 0.05) is 16.7 Å². The van der Waals surface area contributed by atoms with Crippen LogP contribution < -0.4 is 5.32 Å². The second-order valence-electron chi connectivity index (χ2n) is 4.24. The van der Waals surface area contributed by atoms with Gasteiger partial charge >= 0.3 is 0 Å². The quantitative estimate of drug-likeness (QED) is 0.690. The van der Waals surface area contributed by atoms with E-state index in [9.17, 15) is 14.9 Å². The molecule has 0 aromatic heterocycles. The van der Waals surface area contributed by atoms with Crippen LogP contribution in [-0.4, -0.2) is 10.8 Å². The fraction of sp³-hybridized carbons (Fsp3) is 0.0714. The topological polar surface area (TPSA) is 72.2 Å². The van der Waals surface area contributed by atoms with Gasteiger partial charge in [-0.2, -0.15) is 0 Å². The molecule has 0 fully saturated rings. The molecule has 5 nitrogen and oxygen atoms in total. The maximum atomic E-state index is 12.0. The molecule has 6 heteroatoms. The average Bonchev–Trinajstić information content (AvgIpc) is 2.39. The lowest BCUT2D eigenvalue weighted by Gasteiger charge is -2.06. The molecular formula is C14H11ClN2O3. The minimum absolute atomic E-state index is 0.0769. The number of nitro groups is 1. The molecule has 102 valence electrons. The highest BCUT2D eigenvalue weighted by molar-refractivity contribution is 6.31. The summed E-state index contributed by atoms with van der Waals surface area (Å²) in [6.45, 7) is 1.91. The molecular weight excluding hydrogens is 280 g/mol. The fourth-order valence-electron chi connectivity index (χ4n) is 1.67. The number of benzene rings is 2. The van der Waals surface area contributed by atoms with Crippen LogP contribution in [0.5, 0.6) is 0 Å². The summed E-state index contributed by atoms with van der Waals surface area (Å²) in [4.78, 5) is 22.4. The van der Waals surface area contributed by atoms with Crippen LogP contribution in [0.1, 0.15) is 15.9 Å². The Morgan fingerprint density at radius 2 is 1.85 bits per heavy atom. The summed E-state index contributed by atoms with van der Waals surface area (Å²) in [5.74, 6) is -0.421. The zero-order valence-corrected chi connectivity index (χ0v) is 11.3. The molecule has 2 rings (SSSR count). The van der Waals surface area contributed by atoms with Crippen molar-refractivity contribution < 1.29 is 9.72 Å². The van der Waals surface area contributed by atoms with Crippen molar-refractivity contribution in [2.45, 2.75) is 6.92 Å². The highest BCUT2D eigenvalue weighted by atomic mass is 35.5. The Hall–Kier alpha value is -2.40. The van der Waals surface area contributed by atoms with Crippen LogP contribution in [0.4, 0.5) is 11.4 Å². The van der Waals surface area contributed by atoms with Crippen molar-refractivity contribution in [3.63, 3.8) is 0 Å². The molecule has 0 saturated carbocycles. The Kier molecular flexibility index (Phi) is 4.00. The van der Waals surface area contributed by atoms with Gasteiger partial charge in [-0.1, -0.05) is 29.3 Å². The minimum Gasteiger partial charge on any atom is -0.316 e. The number of amides is 1. The zero-order chi connectivity index (χ0) is 14.7. The van der Waals surface area contributed by atoms with Gasteiger partial charge in [-0.05, 0) is 31.2 Å². The Morgan fingerprint density at radius 3 is 2.45 bits per heavy atom. The third kappa shape index (κ3) is 3.13. The van der Waals surface area contributed by atoms with E-state index in [4.69, 9.17) is 11.6 Å². The van der Waals surface area contributed by atoms with Gasteiger partial charge in [0.05, 0.1) is 4.92 Å². The van der Waals surface area contributed by atoms with Crippen molar-refractivity contribution in [2.75, 3.05) is 5.32 Å². The first-order valence-electron chi connectivity index (χ1n) is 5.79. The number of nitrogens with one attached hydrogen (secondary N) is 1. The van der Waals surface area contributed by atoms with E-state index in [1.54, 1.807) is 24.3 Å². The largest absolute Gasteiger partial charge is 0.316 e. The number of halogens is 1. The number of nitro benzene ring substituents is 1. The van der Waals surface area contributed by atoms with Gasteiger partial charge in [0.2, 0.25) is 0 Å². The summed E-state index contributed by atoms with van der Waals surface area (Å²) >= 11 is 5.80. The number of aryl methyl sites for hydroxylation is 1. The molecule has 20 heavy (non-hydrogen) atoms. The second-order valence-corrected chi connectivity index (χ2v) is 4.68. The molecule has 0 aliphatic rings. The summed E-state index contributed by atoms with van der Waals surface area (Å²) in [5, 5.41) is 13.7. The minimum atomic E-state index is -0.568. The van der Waals surface area contributed by atoms with E-state index < -0.39 is 10.8 Å². The molecule has 0 radical (unpaired) electrons. The first-order chi connectivity index (χ1) is 9.47. The Morgan fingerprint density at radius 1 is 1.20 bits per heavy atom. The average molecular weight is 291 g/mol. The van der Waals surface area contributed by atoms with Gasteiger partial charge in [-0.15, -0.1) is 0 Å². The molecule has 2 aromatic rings. The third-order valence-electron chi connectivity index (χ3n) is 2.72. The van der Waals surface area contributed by atoms with Gasteiger partial charge in [0.25, 0.3) is 11.6 Å². The van der Waals surface area contributed by atoms with Gasteiger partial charge in [-0.3, -0.25) is 14.9 Å². The van der Waals surface area contributed by atoms with Crippen molar-refractivity contribution in [3.05, 3.63) is 68.7 Å². The third-order valence-corrected chi connectivity index (χ3v) is 2.95. The van der Waals surface area contributed by atoms with Gasteiger partial charge in [0.15, 0.2) is 0 Å². The molecule has 0 saturated heterocycles. The monoisotopic (exact) mass is 290 g/mol. The van der Waals surface area contributed by atoms with Crippen LogP contribution in [0.3, 0.4) is 0 Å². The van der Waals surface area contributed by atoms with Gasteiger partial charge in [-0.25, -0.2) is 0 Å². The molecule has 0 aliphatic heterocycles. The van der Waals surface area contributed by atoms with Crippen molar-refractivity contribution in [1.29, 1.82) is 0 Å². The standard InChI is InChI=1S/C14H11ClN2O3/c1-9-2-4-10(5-3-9)14(18)16-12-8-11(15)6-7-13(12)17(19)20/h2-8H,1H3,(H,16,18). The normalized spacial score (nSPS) is 10.1.